The second-order valence-corrected chi connectivity index (χ2v) is 5.19. The molecule has 1 saturated carbocycles. The summed E-state index contributed by atoms with van der Waals surface area (Å²) in [5.74, 6) is 1.65. The first-order valence-electron chi connectivity index (χ1n) is 7.38. The number of hydrogen-bond donors (Lipinski definition) is 1. The van der Waals surface area contributed by atoms with Crippen LogP contribution in [0.2, 0.25) is 0 Å². The topological polar surface area (TPSA) is 39.7 Å². The summed E-state index contributed by atoms with van der Waals surface area (Å²) in [6.45, 7) is 5.96. The molecule has 1 aliphatic rings. The molecule has 1 fully saturated rings. The third-order valence-corrected chi connectivity index (χ3v) is 3.38. The summed E-state index contributed by atoms with van der Waals surface area (Å²) in [6.07, 6.45) is 2.62. The first-order valence-corrected chi connectivity index (χ1v) is 7.38. The van der Waals surface area contributed by atoms with Gasteiger partial charge in [-0.15, -0.1) is 0 Å². The van der Waals surface area contributed by atoms with Gasteiger partial charge in [-0.2, -0.15) is 0 Å². The van der Waals surface area contributed by atoms with Crippen molar-refractivity contribution in [1.29, 1.82) is 0 Å². The average Bonchev–Trinajstić information content (AvgIpc) is 3.28. The van der Waals surface area contributed by atoms with Crippen molar-refractivity contribution in [2.45, 2.75) is 45.4 Å². The fourth-order valence-electron chi connectivity index (χ4n) is 1.94. The monoisotopic (exact) mass is 279 g/mol. The number of methoxy groups -OCH3 is 1. The maximum absolute atomic E-state index is 5.94. The maximum atomic E-state index is 5.94. The van der Waals surface area contributed by atoms with E-state index in [0.717, 1.165) is 23.6 Å². The van der Waals surface area contributed by atoms with Crippen LogP contribution in [-0.4, -0.2) is 32.5 Å². The second-order valence-electron chi connectivity index (χ2n) is 5.19. The first kappa shape index (κ1) is 15.1. The zero-order chi connectivity index (χ0) is 14.4. The highest BCUT2D eigenvalue weighted by atomic mass is 16.5. The van der Waals surface area contributed by atoms with Crippen molar-refractivity contribution in [3.8, 4) is 11.5 Å². The number of rotatable bonds is 9. The zero-order valence-electron chi connectivity index (χ0n) is 12.6. The summed E-state index contributed by atoms with van der Waals surface area (Å²) in [4.78, 5) is 0. The molecular formula is C16H25NO3. The minimum atomic E-state index is 0.0638. The van der Waals surface area contributed by atoms with Gasteiger partial charge in [-0.3, -0.25) is 0 Å². The third-order valence-electron chi connectivity index (χ3n) is 3.38. The van der Waals surface area contributed by atoms with Gasteiger partial charge >= 0.3 is 0 Å². The lowest BCUT2D eigenvalue weighted by atomic mass is 10.2. The molecule has 0 aromatic heterocycles. The van der Waals surface area contributed by atoms with Crippen LogP contribution in [0.1, 0.15) is 32.3 Å². The van der Waals surface area contributed by atoms with Crippen LogP contribution in [0.3, 0.4) is 0 Å². The van der Waals surface area contributed by atoms with Gasteiger partial charge in [0, 0.05) is 25.3 Å². The van der Waals surface area contributed by atoms with Crippen molar-refractivity contribution in [2.24, 2.45) is 0 Å². The van der Waals surface area contributed by atoms with Gasteiger partial charge in [-0.1, -0.05) is 12.1 Å². The molecular weight excluding hydrogens is 254 g/mol. The van der Waals surface area contributed by atoms with E-state index in [1.807, 2.05) is 26.0 Å². The molecule has 0 aliphatic heterocycles. The summed E-state index contributed by atoms with van der Waals surface area (Å²) >= 11 is 0. The SMILES string of the molecule is CCOc1cccc(CNC2CC2)c1OCC(C)OC. The van der Waals surface area contributed by atoms with E-state index < -0.39 is 0 Å². The highest BCUT2D eigenvalue weighted by Gasteiger charge is 2.21. The van der Waals surface area contributed by atoms with Gasteiger partial charge in [0.1, 0.15) is 6.61 Å². The molecule has 0 heterocycles. The molecule has 20 heavy (non-hydrogen) atoms. The summed E-state index contributed by atoms with van der Waals surface area (Å²) in [7, 11) is 1.69. The molecule has 4 nitrogen and oxygen atoms in total. The Kier molecular flexibility index (Phi) is 5.68. The van der Waals surface area contributed by atoms with E-state index in [-0.39, 0.29) is 6.10 Å². The van der Waals surface area contributed by atoms with E-state index >= 15 is 0 Å². The lowest BCUT2D eigenvalue weighted by Gasteiger charge is -2.18. The smallest absolute Gasteiger partial charge is 0.165 e. The van der Waals surface area contributed by atoms with Crippen molar-refractivity contribution >= 4 is 0 Å². The molecule has 0 saturated heterocycles. The largest absolute Gasteiger partial charge is 0.490 e. The van der Waals surface area contributed by atoms with Crippen LogP contribution in [0.15, 0.2) is 18.2 Å². The van der Waals surface area contributed by atoms with Crippen molar-refractivity contribution < 1.29 is 14.2 Å². The summed E-state index contributed by atoms with van der Waals surface area (Å²) in [6, 6.07) is 6.74. The minimum absolute atomic E-state index is 0.0638. The Balaban J connectivity index is 2.07. The Morgan fingerprint density at radius 2 is 2.10 bits per heavy atom. The van der Waals surface area contributed by atoms with Crippen LogP contribution in [0, 0.1) is 0 Å². The maximum Gasteiger partial charge on any atom is 0.165 e. The van der Waals surface area contributed by atoms with E-state index in [9.17, 15) is 0 Å². The first-order chi connectivity index (χ1) is 9.74. The van der Waals surface area contributed by atoms with Gasteiger partial charge in [-0.05, 0) is 32.8 Å². The van der Waals surface area contributed by atoms with Gasteiger partial charge < -0.3 is 19.5 Å². The molecule has 0 radical (unpaired) electrons. The summed E-state index contributed by atoms with van der Waals surface area (Å²) < 4.78 is 16.8. The Morgan fingerprint density at radius 3 is 2.75 bits per heavy atom. The van der Waals surface area contributed by atoms with Crippen molar-refractivity contribution in [2.75, 3.05) is 20.3 Å². The minimum Gasteiger partial charge on any atom is -0.490 e. The van der Waals surface area contributed by atoms with Crippen LogP contribution in [-0.2, 0) is 11.3 Å². The van der Waals surface area contributed by atoms with Gasteiger partial charge in [0.05, 0.1) is 12.7 Å². The summed E-state index contributed by atoms with van der Waals surface area (Å²) in [5.41, 5.74) is 1.14. The molecule has 1 aliphatic carbocycles. The quantitative estimate of drug-likeness (QED) is 0.754. The fourth-order valence-corrected chi connectivity index (χ4v) is 1.94. The second kappa shape index (κ2) is 7.50. The van der Waals surface area contributed by atoms with E-state index in [1.54, 1.807) is 7.11 Å². The Morgan fingerprint density at radius 1 is 1.30 bits per heavy atom. The van der Waals surface area contributed by atoms with Crippen LogP contribution in [0.4, 0.5) is 0 Å². The molecule has 1 atom stereocenters. The molecule has 2 rings (SSSR count). The van der Waals surface area contributed by atoms with Crippen molar-refractivity contribution in [3.05, 3.63) is 23.8 Å². The van der Waals surface area contributed by atoms with Gasteiger partial charge in [0.15, 0.2) is 11.5 Å². The predicted octanol–water partition coefficient (Wildman–Crippen LogP) is 2.75. The third kappa shape index (κ3) is 4.39. The number of nitrogens with one attached hydrogen (secondary N) is 1. The van der Waals surface area contributed by atoms with Gasteiger partial charge in [0.2, 0.25) is 0 Å². The fraction of sp³-hybridized carbons (Fsp3) is 0.625. The van der Waals surface area contributed by atoms with E-state index in [2.05, 4.69) is 11.4 Å². The molecule has 1 unspecified atom stereocenters. The van der Waals surface area contributed by atoms with E-state index in [4.69, 9.17) is 14.2 Å². The molecule has 4 heteroatoms. The zero-order valence-corrected chi connectivity index (χ0v) is 12.6. The van der Waals surface area contributed by atoms with Crippen LogP contribution in [0.25, 0.3) is 0 Å². The predicted molar refractivity (Wildman–Crippen MR) is 79.4 cm³/mol. The van der Waals surface area contributed by atoms with Gasteiger partial charge in [0.25, 0.3) is 0 Å². The van der Waals surface area contributed by atoms with E-state index in [0.29, 0.717) is 19.3 Å². The lowest BCUT2D eigenvalue weighted by Crippen LogP contribution is -2.19. The Bertz CT molecular complexity index is 418. The van der Waals surface area contributed by atoms with Crippen LogP contribution in [0.5, 0.6) is 11.5 Å². The molecule has 112 valence electrons. The number of benzene rings is 1. The Hall–Kier alpha value is -1.26. The van der Waals surface area contributed by atoms with E-state index in [1.165, 1.54) is 12.8 Å². The normalized spacial score (nSPS) is 15.9. The Labute approximate surface area is 121 Å². The number of para-hydroxylation sites is 1. The molecule has 0 amide bonds. The molecule has 1 N–H and O–H groups in total. The van der Waals surface area contributed by atoms with Crippen LogP contribution < -0.4 is 14.8 Å². The standard InChI is InChI=1S/C16H25NO3/c1-4-19-15-7-5-6-13(10-17-14-8-9-14)16(15)20-11-12(2)18-3/h5-7,12,14,17H,4,8-11H2,1-3H3. The van der Waals surface area contributed by atoms with Crippen LogP contribution >= 0.6 is 0 Å². The lowest BCUT2D eigenvalue weighted by molar-refractivity contribution is 0.0699. The van der Waals surface area contributed by atoms with Crippen molar-refractivity contribution in [3.63, 3.8) is 0 Å². The average molecular weight is 279 g/mol. The molecule has 0 bridgehead atoms. The number of hydrogen-bond acceptors (Lipinski definition) is 4. The van der Waals surface area contributed by atoms with Crippen molar-refractivity contribution in [1.82, 2.24) is 5.32 Å². The highest BCUT2D eigenvalue weighted by molar-refractivity contribution is 5.46. The highest BCUT2D eigenvalue weighted by Crippen LogP contribution is 2.32. The molecule has 1 aromatic carbocycles. The van der Waals surface area contributed by atoms with Gasteiger partial charge in [-0.25, -0.2) is 0 Å². The molecule has 1 aromatic rings. The number of ether oxygens (including phenoxy) is 3. The summed E-state index contributed by atoms with van der Waals surface area (Å²) in [5, 5.41) is 3.52. The molecule has 0 spiro atoms.